The number of hydrogen-bond donors (Lipinski definition) is 2. The first-order valence-corrected chi connectivity index (χ1v) is 8.53. The Morgan fingerprint density at radius 1 is 1.19 bits per heavy atom. The number of rotatable bonds is 8. The van der Waals surface area contributed by atoms with Crippen molar-refractivity contribution < 1.29 is 22.7 Å². The number of hydrogen-bond acceptors (Lipinski definition) is 4. The van der Waals surface area contributed by atoms with Gasteiger partial charge >= 0.3 is 6.18 Å². The quantitative estimate of drug-likeness (QED) is 0.682. The molecule has 0 saturated heterocycles. The molecule has 5 nitrogen and oxygen atoms in total. The van der Waals surface area contributed by atoms with Crippen LogP contribution in [0.25, 0.3) is 0 Å². The maximum absolute atomic E-state index is 12.9. The highest BCUT2D eigenvalue weighted by Gasteiger charge is 2.33. The van der Waals surface area contributed by atoms with Gasteiger partial charge in [0.25, 0.3) is 5.91 Å². The van der Waals surface area contributed by atoms with Crippen LogP contribution in [0.2, 0.25) is 0 Å². The zero-order valence-electron chi connectivity index (χ0n) is 15.1. The molecule has 0 fully saturated rings. The van der Waals surface area contributed by atoms with Gasteiger partial charge in [-0.3, -0.25) is 4.79 Å². The minimum absolute atomic E-state index is 0.106. The average Bonchev–Trinajstić information content (AvgIpc) is 2.63. The van der Waals surface area contributed by atoms with E-state index < -0.39 is 11.7 Å². The van der Waals surface area contributed by atoms with Crippen molar-refractivity contribution in [1.82, 2.24) is 10.3 Å². The minimum Gasteiger partial charge on any atom is -0.484 e. The van der Waals surface area contributed by atoms with Crippen LogP contribution in [0.1, 0.15) is 30.9 Å². The molecule has 0 aliphatic carbocycles. The van der Waals surface area contributed by atoms with Gasteiger partial charge in [-0.15, -0.1) is 0 Å². The van der Waals surface area contributed by atoms with Gasteiger partial charge in [0.15, 0.2) is 6.61 Å². The summed E-state index contributed by atoms with van der Waals surface area (Å²) in [4.78, 5) is 15.5. The molecular formula is C19H22F3N3O2. The predicted octanol–water partition coefficient (Wildman–Crippen LogP) is 3.83. The Balaban J connectivity index is 1.75. The lowest BCUT2D eigenvalue weighted by Gasteiger charge is -2.13. The average molecular weight is 381 g/mol. The van der Waals surface area contributed by atoms with Gasteiger partial charge in [0.2, 0.25) is 0 Å². The summed E-state index contributed by atoms with van der Waals surface area (Å²) < 4.78 is 44.0. The highest BCUT2D eigenvalue weighted by molar-refractivity contribution is 5.77. The molecule has 0 bridgehead atoms. The van der Waals surface area contributed by atoms with Gasteiger partial charge in [-0.2, -0.15) is 13.2 Å². The molecule has 0 atom stereocenters. The number of halogens is 3. The summed E-state index contributed by atoms with van der Waals surface area (Å²) in [6.45, 7) is 4.20. The third kappa shape index (κ3) is 6.47. The third-order valence-corrected chi connectivity index (χ3v) is 3.75. The second-order valence-electron chi connectivity index (χ2n) is 6.19. The number of pyridine rings is 1. The van der Waals surface area contributed by atoms with E-state index in [9.17, 15) is 18.0 Å². The topological polar surface area (TPSA) is 63.2 Å². The molecule has 2 rings (SSSR count). The Kier molecular flexibility index (Phi) is 7.04. The molecule has 0 radical (unpaired) electrons. The number of carbonyl (C=O) groups is 1. The maximum Gasteiger partial charge on any atom is 0.419 e. The van der Waals surface area contributed by atoms with Crippen LogP contribution in [-0.2, 0) is 11.0 Å². The van der Waals surface area contributed by atoms with Gasteiger partial charge in [-0.1, -0.05) is 26.0 Å². The van der Waals surface area contributed by atoms with Gasteiger partial charge in [0.1, 0.15) is 11.6 Å². The number of aromatic nitrogens is 1. The normalized spacial score (nSPS) is 11.3. The Morgan fingerprint density at radius 2 is 1.96 bits per heavy atom. The van der Waals surface area contributed by atoms with E-state index in [2.05, 4.69) is 29.5 Å². The standard InChI is InChI=1S/C19H22F3N3O2/c1-13(2)14-5-3-6-15(11-14)27-12-17(26)23-9-10-25-18-16(19(20,21)22)7-4-8-24-18/h3-8,11,13H,9-10,12H2,1-2H3,(H,23,26)(H,24,25). The van der Waals surface area contributed by atoms with Crippen molar-refractivity contribution >= 4 is 11.7 Å². The number of carbonyl (C=O) groups excluding carboxylic acids is 1. The molecule has 27 heavy (non-hydrogen) atoms. The smallest absolute Gasteiger partial charge is 0.419 e. The molecule has 8 heteroatoms. The van der Waals surface area contributed by atoms with E-state index in [-0.39, 0.29) is 31.4 Å². The molecule has 0 aliphatic rings. The first kappa shape index (κ1) is 20.5. The van der Waals surface area contributed by atoms with Crippen LogP contribution in [-0.4, -0.2) is 30.6 Å². The summed E-state index contributed by atoms with van der Waals surface area (Å²) in [5.41, 5.74) is 0.262. The second-order valence-corrected chi connectivity index (χ2v) is 6.19. The van der Waals surface area contributed by atoms with E-state index >= 15 is 0 Å². The first-order chi connectivity index (χ1) is 12.8. The summed E-state index contributed by atoms with van der Waals surface area (Å²) in [5, 5.41) is 5.17. The number of ether oxygens (including phenoxy) is 1. The van der Waals surface area contributed by atoms with Crippen molar-refractivity contribution in [3.8, 4) is 5.75 Å². The summed E-state index contributed by atoms with van der Waals surface area (Å²) in [5.74, 6) is 0.323. The number of alkyl halides is 3. The van der Waals surface area contributed by atoms with Gasteiger partial charge in [-0.25, -0.2) is 4.98 Å². The van der Waals surface area contributed by atoms with Crippen LogP contribution in [0.4, 0.5) is 19.0 Å². The molecule has 1 amide bonds. The SMILES string of the molecule is CC(C)c1cccc(OCC(=O)NCCNc2ncccc2C(F)(F)F)c1. The number of nitrogens with zero attached hydrogens (tertiary/aromatic N) is 1. The lowest BCUT2D eigenvalue weighted by molar-refractivity contribution is -0.137. The zero-order chi connectivity index (χ0) is 19.9. The van der Waals surface area contributed by atoms with Crippen LogP contribution in [0.15, 0.2) is 42.6 Å². The molecule has 2 aromatic rings. The van der Waals surface area contributed by atoms with Crippen molar-refractivity contribution in [2.24, 2.45) is 0 Å². The molecule has 1 aromatic heterocycles. The fourth-order valence-corrected chi connectivity index (χ4v) is 2.32. The molecular weight excluding hydrogens is 359 g/mol. The van der Waals surface area contributed by atoms with Crippen LogP contribution in [0.5, 0.6) is 5.75 Å². The lowest BCUT2D eigenvalue weighted by atomic mass is 10.0. The molecule has 0 unspecified atom stereocenters. The van der Waals surface area contributed by atoms with Crippen molar-refractivity contribution in [3.63, 3.8) is 0 Å². The van der Waals surface area contributed by atoms with Crippen molar-refractivity contribution in [1.29, 1.82) is 0 Å². The molecule has 146 valence electrons. The molecule has 1 aromatic carbocycles. The van der Waals surface area contributed by atoms with E-state index in [0.717, 1.165) is 11.6 Å². The van der Waals surface area contributed by atoms with E-state index in [1.54, 1.807) is 6.07 Å². The molecule has 0 aliphatic heterocycles. The third-order valence-electron chi connectivity index (χ3n) is 3.75. The molecule has 0 spiro atoms. The summed E-state index contributed by atoms with van der Waals surface area (Å²) in [7, 11) is 0. The fraction of sp³-hybridized carbons (Fsp3) is 0.368. The van der Waals surface area contributed by atoms with E-state index in [1.165, 1.54) is 12.3 Å². The Labute approximate surface area is 155 Å². The Bertz CT molecular complexity index is 764. The lowest BCUT2D eigenvalue weighted by Crippen LogP contribution is -2.33. The summed E-state index contributed by atoms with van der Waals surface area (Å²) in [6, 6.07) is 9.65. The second kappa shape index (κ2) is 9.25. The Morgan fingerprint density at radius 3 is 2.67 bits per heavy atom. The van der Waals surface area contributed by atoms with Gasteiger partial charge < -0.3 is 15.4 Å². The monoisotopic (exact) mass is 381 g/mol. The van der Waals surface area contributed by atoms with Gasteiger partial charge in [0, 0.05) is 19.3 Å². The molecule has 0 saturated carbocycles. The number of benzene rings is 1. The number of nitrogens with one attached hydrogen (secondary N) is 2. The number of anilines is 1. The summed E-state index contributed by atoms with van der Waals surface area (Å²) in [6.07, 6.45) is -3.21. The van der Waals surface area contributed by atoms with Gasteiger partial charge in [-0.05, 0) is 35.7 Å². The number of amides is 1. The van der Waals surface area contributed by atoms with Crippen molar-refractivity contribution in [2.45, 2.75) is 25.9 Å². The van der Waals surface area contributed by atoms with E-state index in [4.69, 9.17) is 4.74 Å². The maximum atomic E-state index is 12.9. The zero-order valence-corrected chi connectivity index (χ0v) is 15.1. The largest absolute Gasteiger partial charge is 0.484 e. The minimum atomic E-state index is -4.49. The van der Waals surface area contributed by atoms with Crippen molar-refractivity contribution in [3.05, 3.63) is 53.7 Å². The highest BCUT2D eigenvalue weighted by Crippen LogP contribution is 2.33. The summed E-state index contributed by atoms with van der Waals surface area (Å²) >= 11 is 0. The molecule has 2 N–H and O–H groups in total. The van der Waals surface area contributed by atoms with E-state index in [0.29, 0.717) is 11.7 Å². The van der Waals surface area contributed by atoms with Crippen molar-refractivity contribution in [2.75, 3.05) is 25.0 Å². The first-order valence-electron chi connectivity index (χ1n) is 8.53. The van der Waals surface area contributed by atoms with Crippen LogP contribution >= 0.6 is 0 Å². The fourth-order valence-electron chi connectivity index (χ4n) is 2.32. The predicted molar refractivity (Wildman–Crippen MR) is 96.8 cm³/mol. The van der Waals surface area contributed by atoms with Crippen LogP contribution in [0, 0.1) is 0 Å². The van der Waals surface area contributed by atoms with Gasteiger partial charge in [0.05, 0.1) is 5.56 Å². The van der Waals surface area contributed by atoms with Crippen LogP contribution in [0.3, 0.4) is 0 Å². The highest BCUT2D eigenvalue weighted by atomic mass is 19.4. The Hall–Kier alpha value is -2.77. The van der Waals surface area contributed by atoms with Crippen LogP contribution < -0.4 is 15.4 Å². The molecule has 1 heterocycles. The van der Waals surface area contributed by atoms with E-state index in [1.807, 2.05) is 18.2 Å².